The fourth-order valence-corrected chi connectivity index (χ4v) is 5.41. The lowest BCUT2D eigenvalue weighted by molar-refractivity contribution is -0.118. The number of unbranched alkanes of at least 4 members (excludes halogenated alkanes) is 1. The van der Waals surface area contributed by atoms with Crippen LogP contribution in [0.25, 0.3) is 21.9 Å². The normalized spacial score (nSPS) is 12.0. The molecular formula is C23H34N5O5P. The number of hydrogen-bond donors (Lipinski definition) is 2. The van der Waals surface area contributed by atoms with E-state index in [1.54, 1.807) is 21.0 Å². The van der Waals surface area contributed by atoms with Crippen LogP contribution in [0.1, 0.15) is 32.5 Å². The molecule has 0 radical (unpaired) electrons. The zero-order valence-electron chi connectivity index (χ0n) is 20.1. The molecule has 0 bridgehead atoms. The maximum atomic E-state index is 12.5. The Morgan fingerprint density at radius 3 is 2.59 bits per heavy atom. The Labute approximate surface area is 199 Å². The number of methoxy groups -OCH3 is 1. The third kappa shape index (κ3) is 6.33. The number of ether oxygens (including phenoxy) is 1. The van der Waals surface area contributed by atoms with Crippen LogP contribution < -0.4 is 11.1 Å². The third-order valence-corrected chi connectivity index (χ3v) is 7.32. The summed E-state index contributed by atoms with van der Waals surface area (Å²) < 4.78 is 30.3. The Balaban J connectivity index is 1.68. The maximum absolute atomic E-state index is 12.5. The second-order valence-corrected chi connectivity index (χ2v) is 9.85. The highest BCUT2D eigenvalue weighted by molar-refractivity contribution is 7.54. The van der Waals surface area contributed by atoms with Crippen molar-refractivity contribution in [2.24, 2.45) is 0 Å². The molecule has 0 aliphatic rings. The van der Waals surface area contributed by atoms with E-state index in [0.29, 0.717) is 37.5 Å². The zero-order valence-corrected chi connectivity index (χ0v) is 21.0. The molecule has 0 saturated heterocycles. The highest BCUT2D eigenvalue weighted by atomic mass is 31.2. The van der Waals surface area contributed by atoms with Gasteiger partial charge in [-0.25, -0.2) is 9.97 Å². The highest BCUT2D eigenvalue weighted by Crippen LogP contribution is 2.47. The fraction of sp³-hybridized carbons (Fsp3) is 0.522. The zero-order chi connectivity index (χ0) is 24.6. The number of nitrogens with zero attached hydrogens (tertiary/aromatic N) is 3. The van der Waals surface area contributed by atoms with Crippen LogP contribution in [0, 0.1) is 0 Å². The number of carbonyl (C=O) groups excluding carboxylic acids is 1. The van der Waals surface area contributed by atoms with Crippen molar-refractivity contribution < 1.29 is 23.1 Å². The summed E-state index contributed by atoms with van der Waals surface area (Å²) in [5.41, 5.74) is 8.71. The van der Waals surface area contributed by atoms with E-state index in [4.69, 9.17) is 24.5 Å². The molecule has 34 heavy (non-hydrogen) atoms. The van der Waals surface area contributed by atoms with Crippen LogP contribution in [0.4, 0.5) is 5.82 Å². The second-order valence-electron chi connectivity index (χ2n) is 7.80. The molecule has 1 aromatic carbocycles. The van der Waals surface area contributed by atoms with Crippen LogP contribution in [0.2, 0.25) is 0 Å². The Morgan fingerprint density at radius 2 is 1.88 bits per heavy atom. The van der Waals surface area contributed by atoms with E-state index in [0.717, 1.165) is 35.1 Å². The number of para-hydroxylation sites is 1. The number of amides is 1. The second kappa shape index (κ2) is 12.3. The molecule has 0 atom stereocenters. The largest absolute Gasteiger partial charge is 0.384 e. The van der Waals surface area contributed by atoms with Crippen LogP contribution in [0.3, 0.4) is 0 Å². The SMILES string of the molecule is CCOP(=O)(CC(=O)NCCCCn1c(CCOC)nc2c(N)nc3ccccc3c21)OCC. The van der Waals surface area contributed by atoms with Crippen molar-refractivity contribution in [3.8, 4) is 0 Å². The minimum Gasteiger partial charge on any atom is -0.384 e. The van der Waals surface area contributed by atoms with Gasteiger partial charge in [0, 0.05) is 32.0 Å². The number of anilines is 1. The molecule has 0 aliphatic heterocycles. The number of aryl methyl sites for hydroxylation is 1. The fourth-order valence-electron chi connectivity index (χ4n) is 3.91. The van der Waals surface area contributed by atoms with Gasteiger partial charge in [-0.3, -0.25) is 9.36 Å². The van der Waals surface area contributed by atoms with E-state index in [1.807, 2.05) is 24.3 Å². The van der Waals surface area contributed by atoms with Crippen LogP contribution in [0.5, 0.6) is 0 Å². The molecule has 186 valence electrons. The molecule has 0 aliphatic carbocycles. The van der Waals surface area contributed by atoms with Crippen LogP contribution in [-0.4, -0.2) is 60.1 Å². The molecule has 2 heterocycles. The van der Waals surface area contributed by atoms with Crippen LogP contribution >= 0.6 is 7.60 Å². The lowest BCUT2D eigenvalue weighted by Gasteiger charge is -2.16. The number of carbonyl (C=O) groups is 1. The van der Waals surface area contributed by atoms with Crippen molar-refractivity contribution in [3.63, 3.8) is 0 Å². The van der Waals surface area contributed by atoms with Crippen LogP contribution in [-0.2, 0) is 36.1 Å². The molecule has 10 nitrogen and oxygen atoms in total. The van der Waals surface area contributed by atoms with Gasteiger partial charge in [-0.1, -0.05) is 18.2 Å². The van der Waals surface area contributed by atoms with Gasteiger partial charge in [0.2, 0.25) is 5.91 Å². The first-order valence-electron chi connectivity index (χ1n) is 11.6. The van der Waals surface area contributed by atoms with Gasteiger partial charge >= 0.3 is 7.60 Å². The molecule has 0 saturated carbocycles. The lowest BCUT2D eigenvalue weighted by atomic mass is 10.2. The number of nitrogens with one attached hydrogen (secondary N) is 1. The van der Waals surface area contributed by atoms with E-state index in [9.17, 15) is 9.36 Å². The first-order valence-corrected chi connectivity index (χ1v) is 13.3. The van der Waals surface area contributed by atoms with Gasteiger partial charge in [0.25, 0.3) is 0 Å². The van der Waals surface area contributed by atoms with Crippen LogP contribution in [0.15, 0.2) is 24.3 Å². The third-order valence-electron chi connectivity index (χ3n) is 5.34. The maximum Gasteiger partial charge on any atom is 0.340 e. The summed E-state index contributed by atoms with van der Waals surface area (Å²) >= 11 is 0. The number of pyridine rings is 1. The molecule has 0 spiro atoms. The predicted octanol–water partition coefficient (Wildman–Crippen LogP) is 3.52. The minimum atomic E-state index is -3.40. The smallest absolute Gasteiger partial charge is 0.340 e. The van der Waals surface area contributed by atoms with E-state index < -0.39 is 7.60 Å². The van der Waals surface area contributed by atoms with Gasteiger partial charge in [0.1, 0.15) is 17.5 Å². The quantitative estimate of drug-likeness (QED) is 0.259. The summed E-state index contributed by atoms with van der Waals surface area (Å²) in [6.45, 7) is 5.60. The summed E-state index contributed by atoms with van der Waals surface area (Å²) in [6, 6.07) is 7.88. The Morgan fingerprint density at radius 1 is 1.15 bits per heavy atom. The van der Waals surface area contributed by atoms with Crippen molar-refractivity contribution in [2.45, 2.75) is 39.7 Å². The van der Waals surface area contributed by atoms with Crippen molar-refractivity contribution >= 4 is 41.3 Å². The number of fused-ring (bicyclic) bond motifs is 3. The molecule has 0 unspecified atom stereocenters. The van der Waals surface area contributed by atoms with E-state index >= 15 is 0 Å². The first-order chi connectivity index (χ1) is 16.4. The van der Waals surface area contributed by atoms with Crippen molar-refractivity contribution in [2.75, 3.05) is 45.4 Å². The molecule has 3 aromatic rings. The predicted molar refractivity (Wildman–Crippen MR) is 133 cm³/mol. The first kappa shape index (κ1) is 26.1. The van der Waals surface area contributed by atoms with Gasteiger partial charge < -0.3 is 29.4 Å². The summed E-state index contributed by atoms with van der Waals surface area (Å²) in [5, 5.41) is 3.81. The van der Waals surface area contributed by atoms with Crippen molar-refractivity contribution in [3.05, 3.63) is 30.1 Å². The van der Waals surface area contributed by atoms with Gasteiger partial charge in [-0.05, 0) is 32.8 Å². The van der Waals surface area contributed by atoms with Crippen molar-refractivity contribution in [1.82, 2.24) is 19.9 Å². The lowest BCUT2D eigenvalue weighted by Crippen LogP contribution is -2.28. The summed E-state index contributed by atoms with van der Waals surface area (Å²) in [5.74, 6) is 0.954. The molecule has 3 rings (SSSR count). The summed E-state index contributed by atoms with van der Waals surface area (Å²) in [6.07, 6.45) is 1.91. The summed E-state index contributed by atoms with van der Waals surface area (Å²) in [7, 11) is -1.73. The average Bonchev–Trinajstić information content (AvgIpc) is 3.17. The van der Waals surface area contributed by atoms with Gasteiger partial charge in [0.15, 0.2) is 5.82 Å². The number of imidazole rings is 1. The molecule has 2 aromatic heterocycles. The van der Waals surface area contributed by atoms with E-state index in [-0.39, 0.29) is 25.3 Å². The highest BCUT2D eigenvalue weighted by Gasteiger charge is 2.27. The van der Waals surface area contributed by atoms with Gasteiger partial charge in [0.05, 0.1) is 30.9 Å². The number of benzene rings is 1. The topological polar surface area (TPSA) is 131 Å². The Bertz CT molecular complexity index is 1160. The van der Waals surface area contributed by atoms with Gasteiger partial charge in [-0.2, -0.15) is 0 Å². The van der Waals surface area contributed by atoms with E-state index in [1.165, 1.54) is 0 Å². The number of aromatic nitrogens is 3. The number of hydrogen-bond acceptors (Lipinski definition) is 8. The minimum absolute atomic E-state index is 0.226. The standard InChI is InChI=1S/C23H34N5O5P/c1-4-32-34(30,33-5-2)16-20(29)25-13-8-9-14-28-19(12-15-31-3)27-21-22(28)17-10-6-7-11-18(17)26-23(21)24/h6-7,10-11H,4-5,8-9,12-16H2,1-3H3,(H2,24,26)(H,25,29). The van der Waals surface area contributed by atoms with E-state index in [2.05, 4.69) is 14.9 Å². The molecule has 11 heteroatoms. The van der Waals surface area contributed by atoms with Gasteiger partial charge in [-0.15, -0.1) is 0 Å². The molecule has 3 N–H and O–H groups in total. The number of rotatable bonds is 14. The number of nitrogen functional groups attached to an aromatic ring is 1. The number of nitrogens with two attached hydrogens (primary N) is 1. The Kier molecular flexibility index (Phi) is 9.41. The summed E-state index contributed by atoms with van der Waals surface area (Å²) in [4.78, 5) is 21.5. The molecule has 1 amide bonds. The van der Waals surface area contributed by atoms with Crippen molar-refractivity contribution in [1.29, 1.82) is 0 Å². The molecular weight excluding hydrogens is 457 g/mol. The Hall–Kier alpha value is -2.52. The molecule has 0 fully saturated rings. The monoisotopic (exact) mass is 491 g/mol. The average molecular weight is 492 g/mol.